The van der Waals surface area contributed by atoms with Crippen molar-refractivity contribution in [1.29, 1.82) is 0 Å². The van der Waals surface area contributed by atoms with Crippen molar-refractivity contribution in [3.05, 3.63) is 17.7 Å². The lowest BCUT2D eigenvalue weighted by Crippen LogP contribution is -2.51. The number of carboxylic acids is 1. The maximum absolute atomic E-state index is 11.9. The van der Waals surface area contributed by atoms with Crippen LogP contribution in [0.3, 0.4) is 0 Å². The molecule has 0 aromatic carbocycles. The van der Waals surface area contributed by atoms with Gasteiger partial charge < -0.3 is 15.4 Å². The van der Waals surface area contributed by atoms with Crippen LogP contribution in [0.4, 0.5) is 0 Å². The van der Waals surface area contributed by atoms with Crippen LogP contribution in [0, 0.1) is 0 Å². The van der Waals surface area contributed by atoms with E-state index in [0.29, 0.717) is 12.2 Å². The van der Waals surface area contributed by atoms with Crippen molar-refractivity contribution in [2.75, 3.05) is 0 Å². The fraction of sp³-hybridized carbons (Fsp3) is 0.615. The van der Waals surface area contributed by atoms with E-state index in [4.69, 9.17) is 5.11 Å². The standard InChI is InChI=1S/C13H19N3O3/c1-2-3-5-10(17)16-13(6-4-7-13)12-14-8-9(15-12)11(18)19/h8H,2-7H2,1H3,(H,14,15)(H,16,17)(H,18,19). The minimum atomic E-state index is -1.04. The number of imidazole rings is 1. The molecule has 6 nitrogen and oxygen atoms in total. The number of nitrogens with one attached hydrogen (secondary N) is 2. The summed E-state index contributed by atoms with van der Waals surface area (Å²) in [6.07, 6.45) is 6.26. The number of H-pyrrole nitrogens is 1. The molecule has 1 heterocycles. The van der Waals surface area contributed by atoms with E-state index in [0.717, 1.165) is 32.1 Å². The molecule has 19 heavy (non-hydrogen) atoms. The van der Waals surface area contributed by atoms with Crippen molar-refractivity contribution < 1.29 is 14.7 Å². The van der Waals surface area contributed by atoms with Crippen molar-refractivity contribution in [3.8, 4) is 0 Å². The maximum Gasteiger partial charge on any atom is 0.353 e. The van der Waals surface area contributed by atoms with Crippen LogP contribution >= 0.6 is 0 Å². The van der Waals surface area contributed by atoms with Gasteiger partial charge in [0.1, 0.15) is 11.5 Å². The molecule has 0 atom stereocenters. The van der Waals surface area contributed by atoms with E-state index < -0.39 is 11.5 Å². The molecule has 3 N–H and O–H groups in total. The Balaban J connectivity index is 2.08. The number of carbonyl (C=O) groups is 2. The Labute approximate surface area is 111 Å². The Hall–Kier alpha value is -1.85. The lowest BCUT2D eigenvalue weighted by molar-refractivity contribution is -0.124. The van der Waals surface area contributed by atoms with Crippen LogP contribution in [-0.4, -0.2) is 27.0 Å². The second-order valence-electron chi connectivity index (χ2n) is 5.04. The zero-order valence-corrected chi connectivity index (χ0v) is 11.0. The van der Waals surface area contributed by atoms with Gasteiger partial charge in [-0.15, -0.1) is 0 Å². The average molecular weight is 265 g/mol. The zero-order chi connectivity index (χ0) is 13.9. The number of rotatable bonds is 6. The number of carbonyl (C=O) groups excluding carboxylic acids is 1. The molecule has 2 rings (SSSR count). The number of carboxylic acid groups (broad SMARTS) is 1. The molecule has 0 bridgehead atoms. The Bertz CT molecular complexity index is 477. The second-order valence-corrected chi connectivity index (χ2v) is 5.04. The van der Waals surface area contributed by atoms with Crippen LogP contribution in [0.2, 0.25) is 0 Å². The fourth-order valence-corrected chi connectivity index (χ4v) is 2.29. The van der Waals surface area contributed by atoms with Gasteiger partial charge in [0.15, 0.2) is 0 Å². The average Bonchev–Trinajstić information content (AvgIpc) is 2.81. The minimum Gasteiger partial charge on any atom is -0.477 e. The van der Waals surface area contributed by atoms with Gasteiger partial charge in [0, 0.05) is 6.42 Å². The number of aromatic nitrogens is 2. The summed E-state index contributed by atoms with van der Waals surface area (Å²) in [4.78, 5) is 29.6. The zero-order valence-electron chi connectivity index (χ0n) is 11.0. The summed E-state index contributed by atoms with van der Waals surface area (Å²) >= 11 is 0. The van der Waals surface area contributed by atoms with Gasteiger partial charge >= 0.3 is 5.97 Å². The number of hydrogen-bond acceptors (Lipinski definition) is 3. The third-order valence-electron chi connectivity index (χ3n) is 3.60. The highest BCUT2D eigenvalue weighted by atomic mass is 16.4. The van der Waals surface area contributed by atoms with Crippen LogP contribution < -0.4 is 5.32 Å². The summed E-state index contributed by atoms with van der Waals surface area (Å²) in [5.74, 6) is -0.471. The van der Waals surface area contributed by atoms with Crippen molar-refractivity contribution in [2.45, 2.75) is 51.0 Å². The van der Waals surface area contributed by atoms with E-state index in [1.807, 2.05) is 6.92 Å². The molecule has 1 aliphatic carbocycles. The quantitative estimate of drug-likeness (QED) is 0.730. The fourth-order valence-electron chi connectivity index (χ4n) is 2.29. The van der Waals surface area contributed by atoms with Gasteiger partial charge in [-0.2, -0.15) is 0 Å². The molecule has 104 valence electrons. The Morgan fingerprint density at radius 3 is 2.74 bits per heavy atom. The summed E-state index contributed by atoms with van der Waals surface area (Å²) in [6, 6.07) is 0. The molecule has 1 aliphatic rings. The molecule has 0 radical (unpaired) electrons. The van der Waals surface area contributed by atoms with Gasteiger partial charge in [0.25, 0.3) is 0 Å². The third kappa shape index (κ3) is 2.77. The van der Waals surface area contributed by atoms with Crippen LogP contribution in [0.25, 0.3) is 0 Å². The molecule has 0 spiro atoms. The predicted molar refractivity (Wildman–Crippen MR) is 68.7 cm³/mol. The number of aromatic carboxylic acids is 1. The summed E-state index contributed by atoms with van der Waals surface area (Å²) in [5, 5.41) is 11.9. The first-order valence-corrected chi connectivity index (χ1v) is 6.67. The minimum absolute atomic E-state index is 0.00910. The van der Waals surface area contributed by atoms with Crippen LogP contribution in [0.15, 0.2) is 6.20 Å². The molecule has 1 amide bonds. The maximum atomic E-state index is 11.9. The summed E-state index contributed by atoms with van der Waals surface area (Å²) in [5.41, 5.74) is -0.428. The SMILES string of the molecule is CCCCC(=O)NC1(c2ncc(C(=O)O)[nH]2)CCC1. The van der Waals surface area contributed by atoms with E-state index in [-0.39, 0.29) is 11.6 Å². The molecule has 0 saturated heterocycles. The highest BCUT2D eigenvalue weighted by Crippen LogP contribution is 2.39. The first-order chi connectivity index (χ1) is 9.07. The molecule has 0 unspecified atom stereocenters. The molecule has 1 aromatic rings. The highest BCUT2D eigenvalue weighted by molar-refractivity contribution is 5.85. The molecule has 1 aromatic heterocycles. The summed E-state index contributed by atoms with van der Waals surface area (Å²) in [7, 11) is 0. The molecular weight excluding hydrogens is 246 g/mol. The van der Waals surface area contributed by atoms with E-state index in [2.05, 4.69) is 15.3 Å². The second kappa shape index (κ2) is 5.42. The van der Waals surface area contributed by atoms with Crippen LogP contribution in [-0.2, 0) is 10.3 Å². The lowest BCUT2D eigenvalue weighted by atomic mass is 9.76. The lowest BCUT2D eigenvalue weighted by Gasteiger charge is -2.40. The molecular formula is C13H19N3O3. The number of nitrogens with zero attached hydrogens (tertiary/aromatic N) is 1. The number of amides is 1. The topological polar surface area (TPSA) is 95.1 Å². The van der Waals surface area contributed by atoms with Crippen molar-refractivity contribution in [3.63, 3.8) is 0 Å². The normalized spacial score (nSPS) is 16.7. The molecule has 1 saturated carbocycles. The van der Waals surface area contributed by atoms with E-state index in [1.54, 1.807) is 0 Å². The summed E-state index contributed by atoms with van der Waals surface area (Å²) in [6.45, 7) is 2.04. The molecule has 1 fully saturated rings. The van der Waals surface area contributed by atoms with Crippen molar-refractivity contribution in [1.82, 2.24) is 15.3 Å². The first kappa shape index (κ1) is 13.6. The Morgan fingerprint density at radius 2 is 2.26 bits per heavy atom. The Morgan fingerprint density at radius 1 is 1.53 bits per heavy atom. The van der Waals surface area contributed by atoms with Crippen molar-refractivity contribution >= 4 is 11.9 Å². The smallest absolute Gasteiger partial charge is 0.353 e. The number of hydrogen-bond donors (Lipinski definition) is 3. The van der Waals surface area contributed by atoms with Gasteiger partial charge in [0.2, 0.25) is 5.91 Å². The van der Waals surface area contributed by atoms with E-state index in [1.165, 1.54) is 6.20 Å². The molecule has 6 heteroatoms. The van der Waals surface area contributed by atoms with Crippen LogP contribution in [0.5, 0.6) is 0 Å². The van der Waals surface area contributed by atoms with Crippen molar-refractivity contribution in [2.24, 2.45) is 0 Å². The number of aromatic amines is 1. The van der Waals surface area contributed by atoms with E-state index in [9.17, 15) is 9.59 Å². The largest absolute Gasteiger partial charge is 0.477 e. The highest BCUT2D eigenvalue weighted by Gasteiger charge is 2.42. The van der Waals surface area contributed by atoms with Gasteiger partial charge in [-0.05, 0) is 25.7 Å². The summed E-state index contributed by atoms with van der Waals surface area (Å²) < 4.78 is 0. The number of unbranched alkanes of at least 4 members (excludes halogenated alkanes) is 1. The van der Waals surface area contributed by atoms with Gasteiger partial charge in [-0.3, -0.25) is 4.79 Å². The van der Waals surface area contributed by atoms with Crippen LogP contribution in [0.1, 0.15) is 61.8 Å². The first-order valence-electron chi connectivity index (χ1n) is 6.67. The van der Waals surface area contributed by atoms with E-state index >= 15 is 0 Å². The molecule has 0 aliphatic heterocycles. The monoisotopic (exact) mass is 265 g/mol. The van der Waals surface area contributed by atoms with Gasteiger partial charge in [0.05, 0.1) is 11.7 Å². The predicted octanol–water partition coefficient (Wildman–Crippen LogP) is 1.79. The Kier molecular flexibility index (Phi) is 3.87. The van der Waals surface area contributed by atoms with Gasteiger partial charge in [-0.1, -0.05) is 13.3 Å². The van der Waals surface area contributed by atoms with Gasteiger partial charge in [-0.25, -0.2) is 9.78 Å². The third-order valence-corrected chi connectivity index (χ3v) is 3.60.